The Labute approximate surface area is 120 Å². The fourth-order valence-corrected chi connectivity index (χ4v) is 3.14. The Bertz CT molecular complexity index is 544. The van der Waals surface area contributed by atoms with Crippen LogP contribution in [-0.2, 0) is 9.84 Å². The zero-order valence-corrected chi connectivity index (χ0v) is 12.7. The van der Waals surface area contributed by atoms with Crippen molar-refractivity contribution < 1.29 is 21.6 Å². The number of nitrogens with one attached hydrogen (secondary N) is 1. The van der Waals surface area contributed by atoms with Gasteiger partial charge < -0.3 is 5.32 Å². The number of benzene rings is 1. The van der Waals surface area contributed by atoms with Crippen molar-refractivity contribution in [2.24, 2.45) is 0 Å². The number of hydrogen-bond acceptors (Lipinski definition) is 4. The van der Waals surface area contributed by atoms with Gasteiger partial charge in [-0.15, -0.1) is 0 Å². The first-order valence-corrected chi connectivity index (χ1v) is 8.58. The molecule has 20 heavy (non-hydrogen) atoms. The van der Waals surface area contributed by atoms with E-state index >= 15 is 0 Å². The molecule has 114 valence electrons. The quantitative estimate of drug-likeness (QED) is 0.868. The molecule has 1 N–H and O–H groups in total. The van der Waals surface area contributed by atoms with Crippen molar-refractivity contribution in [3.05, 3.63) is 24.3 Å². The third kappa shape index (κ3) is 4.05. The third-order valence-corrected chi connectivity index (χ3v) is 5.14. The molecule has 0 heterocycles. The fraction of sp³-hybridized carbons (Fsp3) is 0.500. The first kappa shape index (κ1) is 17.2. The number of para-hydroxylation sites is 1. The number of anilines is 1. The maximum atomic E-state index is 12.6. The highest BCUT2D eigenvalue weighted by atomic mass is 32.2. The highest BCUT2D eigenvalue weighted by molar-refractivity contribution is 7.99. The van der Waals surface area contributed by atoms with Gasteiger partial charge in [-0.05, 0) is 24.8 Å². The molecule has 1 atom stereocenters. The summed E-state index contributed by atoms with van der Waals surface area (Å²) in [5.41, 5.74) is -5.32. The van der Waals surface area contributed by atoms with E-state index in [9.17, 15) is 21.6 Å². The SMILES string of the molecule is CCSCC(C)Nc1ccccc1S(=O)(=O)C(F)(F)F. The summed E-state index contributed by atoms with van der Waals surface area (Å²) >= 11 is 1.62. The van der Waals surface area contributed by atoms with Crippen LogP contribution in [0.1, 0.15) is 13.8 Å². The van der Waals surface area contributed by atoms with Crippen LogP contribution in [0.5, 0.6) is 0 Å². The number of hydrogen-bond donors (Lipinski definition) is 1. The van der Waals surface area contributed by atoms with E-state index in [2.05, 4.69) is 5.32 Å². The van der Waals surface area contributed by atoms with Gasteiger partial charge in [-0.2, -0.15) is 24.9 Å². The van der Waals surface area contributed by atoms with Crippen LogP contribution in [0.15, 0.2) is 29.2 Å². The molecule has 0 spiro atoms. The molecule has 1 aromatic carbocycles. The van der Waals surface area contributed by atoms with Crippen molar-refractivity contribution in [2.45, 2.75) is 30.3 Å². The molecule has 0 fully saturated rings. The smallest absolute Gasteiger partial charge is 0.381 e. The van der Waals surface area contributed by atoms with Crippen LogP contribution < -0.4 is 5.32 Å². The van der Waals surface area contributed by atoms with Gasteiger partial charge >= 0.3 is 5.51 Å². The molecular weight excluding hydrogens is 311 g/mol. The van der Waals surface area contributed by atoms with E-state index < -0.39 is 20.2 Å². The van der Waals surface area contributed by atoms with Crippen molar-refractivity contribution >= 4 is 27.3 Å². The minimum atomic E-state index is -5.34. The van der Waals surface area contributed by atoms with Gasteiger partial charge in [-0.25, -0.2) is 8.42 Å². The second-order valence-corrected chi connectivity index (χ2v) is 7.38. The Morgan fingerprint density at radius 2 is 1.90 bits per heavy atom. The molecule has 0 aliphatic carbocycles. The van der Waals surface area contributed by atoms with E-state index in [1.54, 1.807) is 18.7 Å². The van der Waals surface area contributed by atoms with E-state index in [0.717, 1.165) is 11.8 Å². The van der Waals surface area contributed by atoms with E-state index in [-0.39, 0.29) is 11.7 Å². The van der Waals surface area contributed by atoms with E-state index in [0.29, 0.717) is 5.75 Å². The third-order valence-electron chi connectivity index (χ3n) is 2.46. The Morgan fingerprint density at radius 1 is 1.30 bits per heavy atom. The predicted molar refractivity (Wildman–Crippen MR) is 75.8 cm³/mol. The lowest BCUT2D eigenvalue weighted by molar-refractivity contribution is -0.0435. The second-order valence-electron chi connectivity index (χ2n) is 4.15. The standard InChI is InChI=1S/C12H16F3NO2S2/c1-3-19-8-9(2)16-10-6-4-5-7-11(10)20(17,18)12(13,14)15/h4-7,9,16H,3,8H2,1-2H3. The van der Waals surface area contributed by atoms with Crippen LogP contribution in [0.2, 0.25) is 0 Å². The van der Waals surface area contributed by atoms with Gasteiger partial charge in [-0.3, -0.25) is 0 Å². The van der Waals surface area contributed by atoms with Gasteiger partial charge in [0.1, 0.15) is 0 Å². The monoisotopic (exact) mass is 327 g/mol. The fourth-order valence-electron chi connectivity index (χ4n) is 1.55. The number of rotatable bonds is 6. The van der Waals surface area contributed by atoms with Crippen LogP contribution in [0.25, 0.3) is 0 Å². The molecule has 1 unspecified atom stereocenters. The summed E-state index contributed by atoms with van der Waals surface area (Å²) in [5, 5.41) is 2.82. The summed E-state index contributed by atoms with van der Waals surface area (Å²) in [6.07, 6.45) is 0. The summed E-state index contributed by atoms with van der Waals surface area (Å²) in [5.74, 6) is 1.56. The minimum absolute atomic E-state index is 0.0194. The van der Waals surface area contributed by atoms with Crippen LogP contribution >= 0.6 is 11.8 Å². The number of sulfone groups is 1. The van der Waals surface area contributed by atoms with Crippen molar-refractivity contribution in [1.82, 2.24) is 0 Å². The number of thioether (sulfide) groups is 1. The van der Waals surface area contributed by atoms with Crippen molar-refractivity contribution in [3.63, 3.8) is 0 Å². The van der Waals surface area contributed by atoms with Crippen LogP contribution in [-0.4, -0.2) is 31.5 Å². The number of alkyl halides is 3. The Hall–Kier alpha value is -0.890. The average molecular weight is 327 g/mol. The summed E-state index contributed by atoms with van der Waals surface area (Å²) in [4.78, 5) is -0.735. The Balaban J connectivity index is 3.07. The van der Waals surface area contributed by atoms with E-state index in [4.69, 9.17) is 0 Å². The molecule has 3 nitrogen and oxygen atoms in total. The summed E-state index contributed by atoms with van der Waals surface area (Å²) < 4.78 is 60.9. The zero-order valence-electron chi connectivity index (χ0n) is 11.1. The summed E-state index contributed by atoms with van der Waals surface area (Å²) in [7, 11) is -5.34. The molecule has 0 bridgehead atoms. The first-order chi connectivity index (χ1) is 9.20. The summed E-state index contributed by atoms with van der Waals surface area (Å²) in [6.45, 7) is 3.76. The van der Waals surface area contributed by atoms with Crippen LogP contribution in [0.4, 0.5) is 18.9 Å². The lowest BCUT2D eigenvalue weighted by Crippen LogP contribution is -2.26. The first-order valence-electron chi connectivity index (χ1n) is 5.94. The maximum absolute atomic E-state index is 12.6. The Morgan fingerprint density at radius 3 is 2.45 bits per heavy atom. The van der Waals surface area contributed by atoms with E-state index in [1.807, 2.05) is 6.92 Å². The lowest BCUT2D eigenvalue weighted by atomic mass is 10.3. The molecular formula is C12H16F3NO2S2. The van der Waals surface area contributed by atoms with Gasteiger partial charge in [0, 0.05) is 11.8 Å². The molecule has 0 aromatic heterocycles. The average Bonchev–Trinajstić information content (AvgIpc) is 2.35. The van der Waals surface area contributed by atoms with Crippen LogP contribution in [0, 0.1) is 0 Å². The molecule has 0 saturated carbocycles. The Kier molecular flexibility index (Phi) is 5.76. The van der Waals surface area contributed by atoms with Crippen molar-refractivity contribution in [2.75, 3.05) is 16.8 Å². The molecule has 8 heteroatoms. The number of halogens is 3. The highest BCUT2D eigenvalue weighted by Gasteiger charge is 2.47. The second kappa shape index (κ2) is 6.71. The van der Waals surface area contributed by atoms with Gasteiger partial charge in [0.15, 0.2) is 0 Å². The van der Waals surface area contributed by atoms with E-state index in [1.165, 1.54) is 18.2 Å². The summed E-state index contributed by atoms with van der Waals surface area (Å²) in [6, 6.07) is 4.94. The van der Waals surface area contributed by atoms with Crippen LogP contribution in [0.3, 0.4) is 0 Å². The molecule has 1 aromatic rings. The van der Waals surface area contributed by atoms with Gasteiger partial charge in [0.2, 0.25) is 0 Å². The van der Waals surface area contributed by atoms with Crippen molar-refractivity contribution in [3.8, 4) is 0 Å². The van der Waals surface area contributed by atoms with Gasteiger partial charge in [-0.1, -0.05) is 19.1 Å². The molecule has 0 saturated heterocycles. The minimum Gasteiger partial charge on any atom is -0.381 e. The highest BCUT2D eigenvalue weighted by Crippen LogP contribution is 2.34. The lowest BCUT2D eigenvalue weighted by Gasteiger charge is -2.18. The molecule has 0 aliphatic rings. The molecule has 0 radical (unpaired) electrons. The normalized spacial score (nSPS) is 14.1. The topological polar surface area (TPSA) is 46.2 Å². The van der Waals surface area contributed by atoms with Crippen molar-refractivity contribution in [1.29, 1.82) is 0 Å². The molecule has 1 rings (SSSR count). The predicted octanol–water partition coefficient (Wildman–Crippen LogP) is 3.53. The maximum Gasteiger partial charge on any atom is 0.501 e. The largest absolute Gasteiger partial charge is 0.501 e. The zero-order chi connectivity index (χ0) is 15.4. The molecule has 0 amide bonds. The van der Waals surface area contributed by atoms with Gasteiger partial charge in [0.05, 0.1) is 10.6 Å². The molecule has 0 aliphatic heterocycles. The van der Waals surface area contributed by atoms with Gasteiger partial charge in [0.25, 0.3) is 9.84 Å².